The molecule has 0 spiro atoms. The lowest BCUT2D eigenvalue weighted by atomic mass is 9.97. The Morgan fingerprint density at radius 3 is 2.71 bits per heavy atom. The molecule has 1 aliphatic carbocycles. The van der Waals surface area contributed by atoms with Gasteiger partial charge in [0, 0.05) is 17.0 Å². The molecule has 0 unspecified atom stereocenters. The standard InChI is InChI=1S/C16H18Cl2N2O/c17-11-6-7-12(13(18)9-11)15-14(21-20-16(15)19)8-5-10-3-1-2-4-10/h6-7,9-10H,1-5,8H2,(H2,19,20). The summed E-state index contributed by atoms with van der Waals surface area (Å²) in [5, 5.41) is 5.08. The zero-order valence-corrected chi connectivity index (χ0v) is 13.3. The molecule has 0 bridgehead atoms. The highest BCUT2D eigenvalue weighted by Gasteiger charge is 2.21. The van der Waals surface area contributed by atoms with Gasteiger partial charge in [-0.15, -0.1) is 0 Å². The Balaban J connectivity index is 1.85. The zero-order chi connectivity index (χ0) is 14.8. The van der Waals surface area contributed by atoms with E-state index in [4.69, 9.17) is 33.5 Å². The van der Waals surface area contributed by atoms with Crippen molar-refractivity contribution in [3.63, 3.8) is 0 Å². The first-order valence-corrected chi connectivity index (χ1v) is 8.10. The third kappa shape index (κ3) is 3.19. The lowest BCUT2D eigenvalue weighted by Gasteiger charge is -2.09. The van der Waals surface area contributed by atoms with Gasteiger partial charge in [0.05, 0.1) is 10.6 Å². The van der Waals surface area contributed by atoms with Crippen LogP contribution in [-0.2, 0) is 6.42 Å². The number of hydrogen-bond acceptors (Lipinski definition) is 3. The Labute approximate surface area is 134 Å². The van der Waals surface area contributed by atoms with Gasteiger partial charge in [-0.2, -0.15) is 0 Å². The van der Waals surface area contributed by atoms with Crippen LogP contribution in [0.2, 0.25) is 10.0 Å². The van der Waals surface area contributed by atoms with Gasteiger partial charge in [0.15, 0.2) is 5.82 Å². The summed E-state index contributed by atoms with van der Waals surface area (Å²) in [5.74, 6) is 2.01. The van der Waals surface area contributed by atoms with Gasteiger partial charge in [0.25, 0.3) is 0 Å². The quantitative estimate of drug-likeness (QED) is 0.824. The van der Waals surface area contributed by atoms with Crippen LogP contribution in [0.5, 0.6) is 0 Å². The lowest BCUT2D eigenvalue weighted by Crippen LogP contribution is -1.97. The normalized spacial score (nSPS) is 15.7. The average Bonchev–Trinajstić information content (AvgIpc) is 3.07. The molecule has 1 aromatic heterocycles. The smallest absolute Gasteiger partial charge is 0.175 e. The highest BCUT2D eigenvalue weighted by Crippen LogP contribution is 2.37. The van der Waals surface area contributed by atoms with Crippen LogP contribution >= 0.6 is 23.2 Å². The Kier molecular flexibility index (Phi) is 4.41. The molecule has 1 fully saturated rings. The van der Waals surface area contributed by atoms with Gasteiger partial charge in [0.2, 0.25) is 0 Å². The van der Waals surface area contributed by atoms with Crippen LogP contribution < -0.4 is 5.73 Å². The highest BCUT2D eigenvalue weighted by molar-refractivity contribution is 6.36. The second-order valence-electron chi connectivity index (χ2n) is 5.68. The Morgan fingerprint density at radius 2 is 2.00 bits per heavy atom. The Bertz CT molecular complexity index is 633. The number of anilines is 1. The first-order valence-electron chi connectivity index (χ1n) is 7.34. The van der Waals surface area contributed by atoms with E-state index in [1.54, 1.807) is 12.1 Å². The van der Waals surface area contributed by atoms with Gasteiger partial charge in [-0.25, -0.2) is 0 Å². The van der Waals surface area contributed by atoms with Crippen LogP contribution in [0.15, 0.2) is 22.7 Å². The van der Waals surface area contributed by atoms with Crippen molar-refractivity contribution in [2.45, 2.75) is 38.5 Å². The zero-order valence-electron chi connectivity index (χ0n) is 11.7. The van der Waals surface area contributed by atoms with E-state index in [-0.39, 0.29) is 0 Å². The van der Waals surface area contributed by atoms with Crippen molar-refractivity contribution in [3.05, 3.63) is 34.0 Å². The van der Waals surface area contributed by atoms with E-state index in [1.165, 1.54) is 25.7 Å². The van der Waals surface area contributed by atoms with E-state index < -0.39 is 0 Å². The number of halogens is 2. The maximum atomic E-state index is 6.28. The van der Waals surface area contributed by atoms with Crippen molar-refractivity contribution in [2.24, 2.45) is 5.92 Å². The minimum absolute atomic E-state index is 0.389. The lowest BCUT2D eigenvalue weighted by molar-refractivity contribution is 0.370. The van der Waals surface area contributed by atoms with E-state index in [0.29, 0.717) is 15.9 Å². The van der Waals surface area contributed by atoms with Gasteiger partial charge < -0.3 is 10.3 Å². The number of hydrogen-bond donors (Lipinski definition) is 1. The van der Waals surface area contributed by atoms with E-state index in [1.807, 2.05) is 6.07 Å². The fourth-order valence-corrected chi connectivity index (χ4v) is 3.63. The van der Waals surface area contributed by atoms with Gasteiger partial charge in [-0.1, -0.05) is 60.1 Å². The molecule has 0 amide bonds. The number of aromatic nitrogens is 1. The molecule has 1 aliphatic rings. The van der Waals surface area contributed by atoms with Crippen molar-refractivity contribution in [1.82, 2.24) is 5.16 Å². The van der Waals surface area contributed by atoms with E-state index in [9.17, 15) is 0 Å². The topological polar surface area (TPSA) is 52.0 Å². The molecule has 0 saturated heterocycles. The molecule has 112 valence electrons. The van der Waals surface area contributed by atoms with E-state index >= 15 is 0 Å². The van der Waals surface area contributed by atoms with Gasteiger partial charge in [-0.3, -0.25) is 0 Å². The molecule has 0 radical (unpaired) electrons. The number of aryl methyl sites for hydroxylation is 1. The summed E-state index contributed by atoms with van der Waals surface area (Å²) in [6.45, 7) is 0. The largest absolute Gasteiger partial charge is 0.380 e. The maximum absolute atomic E-state index is 6.28. The first-order chi connectivity index (χ1) is 10.1. The van der Waals surface area contributed by atoms with Gasteiger partial charge >= 0.3 is 0 Å². The summed E-state index contributed by atoms with van der Waals surface area (Å²) >= 11 is 12.2. The Morgan fingerprint density at radius 1 is 1.24 bits per heavy atom. The molecule has 3 rings (SSSR count). The third-order valence-electron chi connectivity index (χ3n) is 4.24. The van der Waals surface area contributed by atoms with E-state index in [2.05, 4.69) is 5.16 Å². The predicted molar refractivity (Wildman–Crippen MR) is 86.7 cm³/mol. The highest BCUT2D eigenvalue weighted by atomic mass is 35.5. The van der Waals surface area contributed by atoms with Crippen molar-refractivity contribution in [2.75, 3.05) is 5.73 Å². The number of benzene rings is 1. The SMILES string of the molecule is Nc1noc(CCC2CCCC2)c1-c1ccc(Cl)cc1Cl. The third-order valence-corrected chi connectivity index (χ3v) is 4.79. The molecule has 1 saturated carbocycles. The molecular weight excluding hydrogens is 307 g/mol. The minimum atomic E-state index is 0.389. The van der Waals surface area contributed by atoms with Crippen molar-refractivity contribution in [1.29, 1.82) is 0 Å². The van der Waals surface area contributed by atoms with Crippen molar-refractivity contribution < 1.29 is 4.52 Å². The van der Waals surface area contributed by atoms with Crippen LogP contribution in [0.3, 0.4) is 0 Å². The van der Waals surface area contributed by atoms with Crippen molar-refractivity contribution >= 4 is 29.0 Å². The number of rotatable bonds is 4. The van der Waals surface area contributed by atoms with Crippen molar-refractivity contribution in [3.8, 4) is 11.1 Å². The summed E-state index contributed by atoms with van der Waals surface area (Å²) in [7, 11) is 0. The number of nitrogen functional groups attached to an aromatic ring is 1. The summed E-state index contributed by atoms with van der Waals surface area (Å²) in [6, 6.07) is 5.38. The molecular formula is C16H18Cl2N2O. The molecule has 2 N–H and O–H groups in total. The molecule has 2 aromatic rings. The van der Waals surface area contributed by atoms with E-state index in [0.717, 1.165) is 35.6 Å². The summed E-state index contributed by atoms with van der Waals surface area (Å²) < 4.78 is 5.43. The number of nitrogens with zero attached hydrogens (tertiary/aromatic N) is 1. The number of nitrogens with two attached hydrogens (primary N) is 1. The second-order valence-corrected chi connectivity index (χ2v) is 6.52. The van der Waals surface area contributed by atoms with Gasteiger partial charge in [0.1, 0.15) is 5.76 Å². The van der Waals surface area contributed by atoms with Crippen LogP contribution in [0.4, 0.5) is 5.82 Å². The molecule has 1 aromatic carbocycles. The summed E-state index contributed by atoms with van der Waals surface area (Å²) in [4.78, 5) is 0. The molecule has 0 aliphatic heterocycles. The molecule has 0 atom stereocenters. The predicted octanol–water partition coefficient (Wildman–Crippen LogP) is 5.35. The molecule has 3 nitrogen and oxygen atoms in total. The summed E-state index contributed by atoms with van der Waals surface area (Å²) in [6.07, 6.45) is 7.30. The second kappa shape index (κ2) is 6.29. The fraction of sp³-hybridized carbons (Fsp3) is 0.438. The maximum Gasteiger partial charge on any atom is 0.175 e. The minimum Gasteiger partial charge on any atom is -0.380 e. The van der Waals surface area contributed by atoms with Gasteiger partial charge in [-0.05, 0) is 24.5 Å². The fourth-order valence-electron chi connectivity index (χ4n) is 3.12. The molecule has 5 heteroatoms. The first kappa shape index (κ1) is 14.7. The molecule has 21 heavy (non-hydrogen) atoms. The molecule has 1 heterocycles. The van der Waals surface area contributed by atoms with Crippen LogP contribution in [0.25, 0.3) is 11.1 Å². The average molecular weight is 325 g/mol. The monoisotopic (exact) mass is 324 g/mol. The summed E-state index contributed by atoms with van der Waals surface area (Å²) in [5.41, 5.74) is 7.62. The van der Waals surface area contributed by atoms with Crippen LogP contribution in [0, 0.1) is 5.92 Å². The Hall–Kier alpha value is -1.19. The van der Waals surface area contributed by atoms with Crippen LogP contribution in [-0.4, -0.2) is 5.16 Å². The van der Waals surface area contributed by atoms with Crippen LogP contribution in [0.1, 0.15) is 37.9 Å².